The molecule has 0 bridgehead atoms. The molecule has 98 valence electrons. The first-order valence-electron chi connectivity index (χ1n) is 6.36. The number of piperidine rings is 1. The maximum absolute atomic E-state index is 11.3. The Labute approximate surface area is 107 Å². The van der Waals surface area contributed by atoms with Gasteiger partial charge in [-0.1, -0.05) is 30.3 Å². The number of carboxylic acid groups (broad SMARTS) is 1. The lowest BCUT2D eigenvalue weighted by molar-refractivity contribution is -0.151. The average Bonchev–Trinajstić information content (AvgIpc) is 2.41. The van der Waals surface area contributed by atoms with Crippen molar-refractivity contribution in [3.8, 4) is 0 Å². The summed E-state index contributed by atoms with van der Waals surface area (Å²) in [6.07, 6.45) is 1.29. The number of hydrogen-bond acceptors (Lipinski definition) is 3. The number of rotatable bonds is 4. The number of aliphatic carboxylic acids is 1. The van der Waals surface area contributed by atoms with Crippen molar-refractivity contribution in [3.05, 3.63) is 35.9 Å². The van der Waals surface area contributed by atoms with Gasteiger partial charge in [-0.05, 0) is 31.5 Å². The lowest BCUT2D eigenvalue weighted by Crippen LogP contribution is -2.48. The van der Waals surface area contributed by atoms with Crippen LogP contribution in [0.15, 0.2) is 30.3 Å². The van der Waals surface area contributed by atoms with E-state index in [0.717, 1.165) is 19.6 Å². The van der Waals surface area contributed by atoms with E-state index in [0.29, 0.717) is 12.8 Å². The number of likely N-dealkylation sites (tertiary alicyclic amines) is 1. The van der Waals surface area contributed by atoms with Crippen LogP contribution in [0.1, 0.15) is 18.4 Å². The van der Waals surface area contributed by atoms with Crippen LogP contribution >= 0.6 is 0 Å². The topological polar surface area (TPSA) is 66.6 Å². The summed E-state index contributed by atoms with van der Waals surface area (Å²) >= 11 is 0. The van der Waals surface area contributed by atoms with Crippen LogP contribution in [0.4, 0.5) is 0 Å². The Morgan fingerprint density at radius 3 is 2.39 bits per heavy atom. The Kier molecular flexibility index (Phi) is 3.99. The molecule has 0 spiro atoms. The van der Waals surface area contributed by atoms with E-state index < -0.39 is 11.4 Å². The van der Waals surface area contributed by atoms with Crippen LogP contribution in [-0.4, -0.2) is 35.6 Å². The van der Waals surface area contributed by atoms with Crippen LogP contribution in [0.5, 0.6) is 0 Å². The molecule has 1 aliphatic heterocycles. The van der Waals surface area contributed by atoms with E-state index in [1.807, 2.05) is 18.2 Å². The molecule has 0 saturated carbocycles. The summed E-state index contributed by atoms with van der Waals surface area (Å²) in [4.78, 5) is 13.6. The Balaban J connectivity index is 1.93. The zero-order valence-corrected chi connectivity index (χ0v) is 10.5. The van der Waals surface area contributed by atoms with Crippen molar-refractivity contribution in [2.45, 2.75) is 19.4 Å². The van der Waals surface area contributed by atoms with Crippen LogP contribution in [-0.2, 0) is 11.3 Å². The van der Waals surface area contributed by atoms with Crippen molar-refractivity contribution in [2.75, 3.05) is 19.6 Å². The van der Waals surface area contributed by atoms with Crippen LogP contribution in [0.2, 0.25) is 0 Å². The second-order valence-corrected chi connectivity index (χ2v) is 5.05. The molecule has 0 amide bonds. The third-order valence-electron chi connectivity index (χ3n) is 3.91. The SMILES string of the molecule is NCC1(C(=O)O)CCN(Cc2ccccc2)CC1. The number of hydrogen-bond donors (Lipinski definition) is 2. The molecule has 18 heavy (non-hydrogen) atoms. The summed E-state index contributed by atoms with van der Waals surface area (Å²) in [5, 5.41) is 9.27. The summed E-state index contributed by atoms with van der Waals surface area (Å²) < 4.78 is 0. The Morgan fingerprint density at radius 2 is 1.89 bits per heavy atom. The monoisotopic (exact) mass is 248 g/mol. The van der Waals surface area contributed by atoms with Crippen LogP contribution in [0.25, 0.3) is 0 Å². The second-order valence-electron chi connectivity index (χ2n) is 5.05. The minimum atomic E-state index is -0.746. The lowest BCUT2D eigenvalue weighted by Gasteiger charge is -2.38. The highest BCUT2D eigenvalue weighted by molar-refractivity contribution is 5.75. The van der Waals surface area contributed by atoms with Crippen LogP contribution < -0.4 is 5.73 Å². The first-order chi connectivity index (χ1) is 8.66. The molecule has 1 fully saturated rings. The number of nitrogens with two attached hydrogens (primary N) is 1. The summed E-state index contributed by atoms with van der Waals surface area (Å²) in [5.74, 6) is -0.746. The number of nitrogens with zero attached hydrogens (tertiary/aromatic N) is 1. The molecule has 4 heteroatoms. The molecule has 1 aliphatic rings. The van der Waals surface area contributed by atoms with E-state index in [4.69, 9.17) is 5.73 Å². The smallest absolute Gasteiger partial charge is 0.311 e. The van der Waals surface area contributed by atoms with Crippen molar-refractivity contribution in [2.24, 2.45) is 11.1 Å². The van der Waals surface area contributed by atoms with Crippen molar-refractivity contribution in [1.82, 2.24) is 4.90 Å². The Bertz CT molecular complexity index is 398. The fourth-order valence-electron chi connectivity index (χ4n) is 2.49. The predicted octanol–water partition coefficient (Wildman–Crippen LogP) is 1.31. The highest BCUT2D eigenvalue weighted by Crippen LogP contribution is 2.31. The van der Waals surface area contributed by atoms with E-state index >= 15 is 0 Å². The molecule has 3 N–H and O–H groups in total. The molecule has 4 nitrogen and oxygen atoms in total. The van der Waals surface area contributed by atoms with Gasteiger partial charge in [-0.2, -0.15) is 0 Å². The van der Waals surface area contributed by atoms with Gasteiger partial charge in [-0.15, -0.1) is 0 Å². The van der Waals surface area contributed by atoms with E-state index in [1.165, 1.54) is 5.56 Å². The standard InChI is InChI=1S/C14H20N2O2/c15-11-14(13(17)18)6-8-16(9-7-14)10-12-4-2-1-3-5-12/h1-5H,6-11,15H2,(H,17,18). The van der Waals surface area contributed by atoms with Gasteiger partial charge in [-0.25, -0.2) is 0 Å². The largest absolute Gasteiger partial charge is 0.481 e. The Morgan fingerprint density at radius 1 is 1.28 bits per heavy atom. The molecule has 1 aromatic carbocycles. The van der Waals surface area contributed by atoms with E-state index in [-0.39, 0.29) is 6.54 Å². The fraction of sp³-hybridized carbons (Fsp3) is 0.500. The number of carbonyl (C=O) groups is 1. The minimum absolute atomic E-state index is 0.238. The van der Waals surface area contributed by atoms with Gasteiger partial charge in [0.2, 0.25) is 0 Å². The molecular formula is C14H20N2O2. The average molecular weight is 248 g/mol. The quantitative estimate of drug-likeness (QED) is 0.843. The molecule has 2 rings (SSSR count). The van der Waals surface area contributed by atoms with Crippen LogP contribution in [0.3, 0.4) is 0 Å². The second kappa shape index (κ2) is 5.50. The van der Waals surface area contributed by atoms with Crippen LogP contribution in [0, 0.1) is 5.41 Å². The van der Waals surface area contributed by atoms with Gasteiger partial charge in [0.05, 0.1) is 5.41 Å². The third kappa shape index (κ3) is 2.71. The molecule has 1 saturated heterocycles. The van der Waals surface area contributed by atoms with Gasteiger partial charge in [0.25, 0.3) is 0 Å². The number of benzene rings is 1. The van der Waals surface area contributed by atoms with E-state index in [2.05, 4.69) is 17.0 Å². The van der Waals surface area contributed by atoms with Gasteiger partial charge in [0.1, 0.15) is 0 Å². The molecule has 0 aliphatic carbocycles. The van der Waals surface area contributed by atoms with Crippen molar-refractivity contribution >= 4 is 5.97 Å². The first-order valence-corrected chi connectivity index (χ1v) is 6.36. The van der Waals surface area contributed by atoms with Gasteiger partial charge >= 0.3 is 5.97 Å². The van der Waals surface area contributed by atoms with E-state index in [9.17, 15) is 9.90 Å². The van der Waals surface area contributed by atoms with Gasteiger partial charge in [0.15, 0.2) is 0 Å². The summed E-state index contributed by atoms with van der Waals surface area (Å²) in [7, 11) is 0. The Hall–Kier alpha value is -1.39. The van der Waals surface area contributed by atoms with Crippen molar-refractivity contribution < 1.29 is 9.90 Å². The van der Waals surface area contributed by atoms with Gasteiger partial charge in [-0.3, -0.25) is 9.69 Å². The summed E-state index contributed by atoms with van der Waals surface area (Å²) in [5.41, 5.74) is 6.21. The molecule has 1 aromatic rings. The highest BCUT2D eigenvalue weighted by atomic mass is 16.4. The lowest BCUT2D eigenvalue weighted by atomic mass is 9.78. The first kappa shape index (κ1) is 13.1. The van der Waals surface area contributed by atoms with Crippen molar-refractivity contribution in [1.29, 1.82) is 0 Å². The highest BCUT2D eigenvalue weighted by Gasteiger charge is 2.40. The molecule has 0 aromatic heterocycles. The zero-order chi connectivity index (χ0) is 13.0. The third-order valence-corrected chi connectivity index (χ3v) is 3.91. The van der Waals surface area contributed by atoms with Crippen molar-refractivity contribution in [3.63, 3.8) is 0 Å². The molecule has 0 radical (unpaired) electrons. The predicted molar refractivity (Wildman–Crippen MR) is 70.1 cm³/mol. The van der Waals surface area contributed by atoms with Gasteiger partial charge in [0, 0.05) is 13.1 Å². The summed E-state index contributed by atoms with van der Waals surface area (Å²) in [6, 6.07) is 10.3. The number of carboxylic acids is 1. The summed E-state index contributed by atoms with van der Waals surface area (Å²) in [6.45, 7) is 2.74. The normalized spacial score (nSPS) is 19.6. The molecule has 0 unspecified atom stereocenters. The van der Waals surface area contributed by atoms with Gasteiger partial charge < -0.3 is 10.8 Å². The maximum atomic E-state index is 11.3. The maximum Gasteiger partial charge on any atom is 0.311 e. The molecule has 0 atom stereocenters. The zero-order valence-electron chi connectivity index (χ0n) is 10.5. The molecular weight excluding hydrogens is 228 g/mol. The van der Waals surface area contributed by atoms with E-state index in [1.54, 1.807) is 0 Å². The minimum Gasteiger partial charge on any atom is -0.481 e. The molecule has 1 heterocycles. The fourth-order valence-corrected chi connectivity index (χ4v) is 2.49.